The van der Waals surface area contributed by atoms with Crippen LogP contribution in [0, 0.1) is 5.92 Å². The van der Waals surface area contributed by atoms with Crippen molar-refractivity contribution in [3.05, 3.63) is 29.8 Å². The molecule has 1 aliphatic carbocycles. The molecule has 0 heterocycles. The summed E-state index contributed by atoms with van der Waals surface area (Å²) in [7, 11) is 2.08. The lowest BCUT2D eigenvalue weighted by molar-refractivity contribution is 0.101. The zero-order chi connectivity index (χ0) is 11.5. The first-order valence-corrected chi connectivity index (χ1v) is 5.99. The summed E-state index contributed by atoms with van der Waals surface area (Å²) in [5, 5.41) is 0. The van der Waals surface area contributed by atoms with Gasteiger partial charge in [0.15, 0.2) is 5.78 Å². The maximum atomic E-state index is 11.5. The van der Waals surface area contributed by atoms with Crippen molar-refractivity contribution in [3.63, 3.8) is 0 Å². The molecule has 0 aliphatic heterocycles. The van der Waals surface area contributed by atoms with Crippen molar-refractivity contribution in [2.24, 2.45) is 5.92 Å². The molecule has 0 saturated heterocycles. The molecule has 0 amide bonds. The second-order valence-corrected chi connectivity index (χ2v) is 4.75. The molecule has 0 atom stereocenters. The van der Waals surface area contributed by atoms with Crippen LogP contribution in [-0.2, 0) is 0 Å². The molecule has 16 heavy (non-hydrogen) atoms. The third-order valence-corrected chi connectivity index (χ3v) is 3.45. The average molecular weight is 217 g/mol. The summed E-state index contributed by atoms with van der Waals surface area (Å²) in [6.45, 7) is 2.71. The molecule has 86 valence electrons. The number of hydrogen-bond acceptors (Lipinski definition) is 2. The number of para-hydroxylation sites is 1. The van der Waals surface area contributed by atoms with Gasteiger partial charge in [-0.3, -0.25) is 4.79 Å². The minimum atomic E-state index is 0.149. The van der Waals surface area contributed by atoms with Gasteiger partial charge in [-0.1, -0.05) is 18.6 Å². The molecule has 2 rings (SSSR count). The standard InChI is InChI=1S/C14H19NO/c1-11(16)13-8-3-4-9-14(13)15(2)10-12-6-5-7-12/h3-4,8-9,12H,5-7,10H2,1-2H3. The summed E-state index contributed by atoms with van der Waals surface area (Å²) in [5.74, 6) is 0.973. The molecule has 1 aromatic rings. The summed E-state index contributed by atoms with van der Waals surface area (Å²) in [4.78, 5) is 13.7. The Balaban J connectivity index is 2.14. The van der Waals surface area contributed by atoms with Crippen molar-refractivity contribution in [1.82, 2.24) is 0 Å². The molecule has 1 aromatic carbocycles. The Morgan fingerprint density at radius 3 is 2.62 bits per heavy atom. The lowest BCUT2D eigenvalue weighted by Crippen LogP contribution is -2.30. The topological polar surface area (TPSA) is 20.3 Å². The molecule has 1 saturated carbocycles. The molecular weight excluding hydrogens is 198 g/mol. The first-order chi connectivity index (χ1) is 7.68. The van der Waals surface area contributed by atoms with Gasteiger partial charge in [0.1, 0.15) is 0 Å². The van der Waals surface area contributed by atoms with Gasteiger partial charge in [0, 0.05) is 24.8 Å². The van der Waals surface area contributed by atoms with E-state index in [1.54, 1.807) is 6.92 Å². The lowest BCUT2D eigenvalue weighted by Gasteiger charge is -2.32. The van der Waals surface area contributed by atoms with Crippen molar-refractivity contribution in [3.8, 4) is 0 Å². The van der Waals surface area contributed by atoms with Crippen molar-refractivity contribution >= 4 is 11.5 Å². The number of carbonyl (C=O) groups excluding carboxylic acids is 1. The van der Waals surface area contributed by atoms with E-state index in [1.165, 1.54) is 19.3 Å². The summed E-state index contributed by atoms with van der Waals surface area (Å²) < 4.78 is 0. The number of anilines is 1. The molecule has 2 heteroatoms. The van der Waals surface area contributed by atoms with Crippen molar-refractivity contribution < 1.29 is 4.79 Å². The van der Waals surface area contributed by atoms with Gasteiger partial charge in [-0.2, -0.15) is 0 Å². The van der Waals surface area contributed by atoms with Crippen LogP contribution in [0.1, 0.15) is 36.5 Å². The zero-order valence-electron chi connectivity index (χ0n) is 10.1. The minimum Gasteiger partial charge on any atom is -0.374 e. The van der Waals surface area contributed by atoms with E-state index in [0.717, 1.165) is 23.7 Å². The van der Waals surface area contributed by atoms with Gasteiger partial charge in [-0.25, -0.2) is 0 Å². The van der Waals surface area contributed by atoms with Crippen LogP contribution in [0.3, 0.4) is 0 Å². The summed E-state index contributed by atoms with van der Waals surface area (Å²) in [6, 6.07) is 7.88. The summed E-state index contributed by atoms with van der Waals surface area (Å²) in [5.41, 5.74) is 1.91. The summed E-state index contributed by atoms with van der Waals surface area (Å²) in [6.07, 6.45) is 4.05. The van der Waals surface area contributed by atoms with Gasteiger partial charge in [0.25, 0.3) is 0 Å². The highest BCUT2D eigenvalue weighted by Crippen LogP contribution is 2.29. The van der Waals surface area contributed by atoms with Crippen LogP contribution in [0.2, 0.25) is 0 Å². The van der Waals surface area contributed by atoms with E-state index in [0.29, 0.717) is 0 Å². The minimum absolute atomic E-state index is 0.149. The number of Topliss-reactive ketones (excluding diaryl/α,β-unsaturated/α-hetero) is 1. The molecule has 0 N–H and O–H groups in total. The van der Waals surface area contributed by atoms with Crippen molar-refractivity contribution in [2.75, 3.05) is 18.5 Å². The molecule has 0 spiro atoms. The Labute approximate surface area is 97.3 Å². The number of benzene rings is 1. The fraction of sp³-hybridized carbons (Fsp3) is 0.500. The van der Waals surface area contributed by atoms with Crippen LogP contribution in [0.15, 0.2) is 24.3 Å². The van der Waals surface area contributed by atoms with Gasteiger partial charge in [-0.15, -0.1) is 0 Å². The predicted molar refractivity (Wildman–Crippen MR) is 67.1 cm³/mol. The van der Waals surface area contributed by atoms with E-state index in [-0.39, 0.29) is 5.78 Å². The van der Waals surface area contributed by atoms with Gasteiger partial charge >= 0.3 is 0 Å². The smallest absolute Gasteiger partial charge is 0.161 e. The van der Waals surface area contributed by atoms with Gasteiger partial charge in [0.2, 0.25) is 0 Å². The number of carbonyl (C=O) groups is 1. The van der Waals surface area contributed by atoms with Gasteiger partial charge < -0.3 is 4.90 Å². The molecular formula is C14H19NO. The Morgan fingerprint density at radius 1 is 1.38 bits per heavy atom. The number of rotatable bonds is 4. The zero-order valence-corrected chi connectivity index (χ0v) is 10.1. The second kappa shape index (κ2) is 4.69. The fourth-order valence-electron chi connectivity index (χ4n) is 2.27. The second-order valence-electron chi connectivity index (χ2n) is 4.75. The first-order valence-electron chi connectivity index (χ1n) is 5.99. The molecule has 1 aliphatic rings. The monoisotopic (exact) mass is 217 g/mol. The summed E-state index contributed by atoms with van der Waals surface area (Å²) >= 11 is 0. The van der Waals surface area contributed by atoms with E-state index in [1.807, 2.05) is 24.3 Å². The SMILES string of the molecule is CC(=O)c1ccccc1N(C)CC1CCC1. The molecule has 2 nitrogen and oxygen atoms in total. The van der Waals surface area contributed by atoms with Gasteiger partial charge in [0.05, 0.1) is 0 Å². The van der Waals surface area contributed by atoms with E-state index >= 15 is 0 Å². The highest BCUT2D eigenvalue weighted by Gasteiger charge is 2.20. The largest absolute Gasteiger partial charge is 0.374 e. The van der Waals surface area contributed by atoms with E-state index < -0.39 is 0 Å². The quantitative estimate of drug-likeness (QED) is 0.722. The van der Waals surface area contributed by atoms with Crippen LogP contribution < -0.4 is 4.90 Å². The molecule has 1 fully saturated rings. The van der Waals surface area contributed by atoms with Crippen molar-refractivity contribution in [2.45, 2.75) is 26.2 Å². The van der Waals surface area contributed by atoms with Crippen LogP contribution in [0.5, 0.6) is 0 Å². The number of ketones is 1. The highest BCUT2D eigenvalue weighted by atomic mass is 16.1. The molecule has 0 radical (unpaired) electrons. The van der Waals surface area contributed by atoms with E-state index in [9.17, 15) is 4.79 Å². The maximum absolute atomic E-state index is 11.5. The normalized spacial score (nSPS) is 15.6. The van der Waals surface area contributed by atoms with Gasteiger partial charge in [-0.05, 0) is 37.8 Å². The Kier molecular flexibility index (Phi) is 3.28. The Hall–Kier alpha value is -1.31. The molecule has 0 bridgehead atoms. The first kappa shape index (κ1) is 11.2. The van der Waals surface area contributed by atoms with Crippen LogP contribution in [0.25, 0.3) is 0 Å². The third kappa shape index (κ3) is 2.26. The van der Waals surface area contributed by atoms with Crippen LogP contribution in [-0.4, -0.2) is 19.4 Å². The van der Waals surface area contributed by atoms with Crippen LogP contribution >= 0.6 is 0 Å². The van der Waals surface area contributed by atoms with E-state index in [2.05, 4.69) is 11.9 Å². The Bertz CT molecular complexity index is 382. The third-order valence-electron chi connectivity index (χ3n) is 3.45. The van der Waals surface area contributed by atoms with Crippen molar-refractivity contribution in [1.29, 1.82) is 0 Å². The maximum Gasteiger partial charge on any atom is 0.161 e. The fourth-order valence-corrected chi connectivity index (χ4v) is 2.27. The molecule has 0 aromatic heterocycles. The lowest BCUT2D eigenvalue weighted by atomic mass is 9.85. The number of hydrogen-bond donors (Lipinski definition) is 0. The Morgan fingerprint density at radius 2 is 2.06 bits per heavy atom. The highest BCUT2D eigenvalue weighted by molar-refractivity contribution is 5.99. The molecule has 0 unspecified atom stereocenters. The van der Waals surface area contributed by atoms with Crippen LogP contribution in [0.4, 0.5) is 5.69 Å². The predicted octanol–water partition coefficient (Wildman–Crippen LogP) is 3.13. The average Bonchev–Trinajstić information content (AvgIpc) is 2.23. The number of nitrogens with zero attached hydrogens (tertiary/aromatic N) is 1. The van der Waals surface area contributed by atoms with E-state index in [4.69, 9.17) is 0 Å².